The number of carboxylic acid groups (broad SMARTS) is 1. The molecule has 1 heterocycles. The Bertz CT molecular complexity index is 932. The number of likely N-dealkylation sites (tertiary alicyclic amines) is 1. The van der Waals surface area contributed by atoms with Crippen molar-refractivity contribution in [2.24, 2.45) is 5.92 Å². The summed E-state index contributed by atoms with van der Waals surface area (Å²) in [6.07, 6.45) is 0.328. The Morgan fingerprint density at radius 1 is 1.16 bits per heavy atom. The first-order valence-corrected chi connectivity index (χ1v) is 10.1. The largest absolute Gasteiger partial charge is 0.491 e. The number of ether oxygens (including phenoxy) is 2. The first-order valence-electron chi connectivity index (χ1n) is 10.1. The van der Waals surface area contributed by atoms with Gasteiger partial charge in [-0.2, -0.15) is 0 Å². The van der Waals surface area contributed by atoms with Gasteiger partial charge >= 0.3 is 5.97 Å². The van der Waals surface area contributed by atoms with Gasteiger partial charge in [-0.1, -0.05) is 13.8 Å². The SMILES string of the molecule is CC(C)CC(=O)N1C[C@H](Oc2ccc(F)cc2F)C[C@H]1COc1ccc(C(=O)O)cc1. The Morgan fingerprint density at radius 3 is 2.48 bits per heavy atom. The molecule has 0 radical (unpaired) electrons. The van der Waals surface area contributed by atoms with Gasteiger partial charge < -0.3 is 19.5 Å². The van der Waals surface area contributed by atoms with Crippen LogP contribution in [-0.4, -0.2) is 47.2 Å². The van der Waals surface area contributed by atoms with Gasteiger partial charge in [0.05, 0.1) is 18.2 Å². The summed E-state index contributed by atoms with van der Waals surface area (Å²) in [6.45, 7) is 4.35. The van der Waals surface area contributed by atoms with E-state index in [1.807, 2.05) is 13.8 Å². The van der Waals surface area contributed by atoms with Crippen LogP contribution in [0.5, 0.6) is 11.5 Å². The molecule has 1 aliphatic rings. The lowest BCUT2D eigenvalue weighted by atomic mass is 10.1. The number of rotatable bonds is 8. The van der Waals surface area contributed by atoms with Crippen molar-refractivity contribution in [2.45, 2.75) is 38.8 Å². The van der Waals surface area contributed by atoms with E-state index in [4.69, 9.17) is 14.6 Å². The highest BCUT2D eigenvalue weighted by atomic mass is 19.1. The van der Waals surface area contributed by atoms with Crippen LogP contribution in [0.15, 0.2) is 42.5 Å². The van der Waals surface area contributed by atoms with Crippen molar-refractivity contribution in [3.8, 4) is 11.5 Å². The van der Waals surface area contributed by atoms with E-state index in [0.29, 0.717) is 18.6 Å². The topological polar surface area (TPSA) is 76.1 Å². The Kier molecular flexibility index (Phi) is 7.09. The van der Waals surface area contributed by atoms with Crippen LogP contribution in [-0.2, 0) is 4.79 Å². The monoisotopic (exact) mass is 433 g/mol. The molecular formula is C23H25F2NO5. The average Bonchev–Trinajstić information content (AvgIpc) is 3.11. The Balaban J connectivity index is 1.68. The van der Waals surface area contributed by atoms with E-state index in [-0.39, 0.29) is 42.3 Å². The second-order valence-corrected chi connectivity index (χ2v) is 7.99. The summed E-state index contributed by atoms with van der Waals surface area (Å²) in [7, 11) is 0. The van der Waals surface area contributed by atoms with Crippen LogP contribution in [0, 0.1) is 17.6 Å². The van der Waals surface area contributed by atoms with E-state index < -0.39 is 23.7 Å². The summed E-state index contributed by atoms with van der Waals surface area (Å²) in [4.78, 5) is 25.4. The molecule has 1 amide bonds. The Labute approximate surface area is 179 Å². The number of hydrogen-bond acceptors (Lipinski definition) is 4. The highest BCUT2D eigenvalue weighted by Gasteiger charge is 2.37. The third-order valence-electron chi connectivity index (χ3n) is 5.01. The average molecular weight is 433 g/mol. The standard InChI is InChI=1S/C23H25F2NO5/c1-14(2)9-22(27)26-12-19(31-21-8-5-16(24)10-20(21)25)11-17(26)13-30-18-6-3-15(4-7-18)23(28)29/h3-8,10,14,17,19H,9,11-13H2,1-2H3,(H,28,29)/t17-,19+/m0/s1. The zero-order valence-electron chi connectivity index (χ0n) is 17.4. The molecule has 0 aromatic heterocycles. The number of carbonyl (C=O) groups is 2. The number of hydrogen-bond donors (Lipinski definition) is 1. The molecule has 0 spiro atoms. The quantitative estimate of drug-likeness (QED) is 0.677. The number of carbonyl (C=O) groups excluding carboxylic acids is 1. The van der Waals surface area contributed by atoms with Gasteiger partial charge in [0, 0.05) is 18.9 Å². The smallest absolute Gasteiger partial charge is 0.335 e. The number of nitrogens with zero attached hydrogens (tertiary/aromatic N) is 1. The molecular weight excluding hydrogens is 408 g/mol. The molecule has 1 saturated heterocycles. The molecule has 1 fully saturated rings. The molecule has 166 valence electrons. The summed E-state index contributed by atoms with van der Waals surface area (Å²) in [5.74, 6) is -1.96. The highest BCUT2D eigenvalue weighted by Crippen LogP contribution is 2.27. The van der Waals surface area contributed by atoms with Crippen LogP contribution >= 0.6 is 0 Å². The maximum Gasteiger partial charge on any atom is 0.335 e. The molecule has 2 aromatic carbocycles. The summed E-state index contributed by atoms with van der Waals surface area (Å²) < 4.78 is 38.6. The molecule has 0 saturated carbocycles. The van der Waals surface area contributed by atoms with Gasteiger partial charge in [-0.3, -0.25) is 4.79 Å². The van der Waals surface area contributed by atoms with Crippen molar-refractivity contribution in [3.05, 3.63) is 59.7 Å². The predicted octanol–water partition coefficient (Wildman–Crippen LogP) is 4.14. The third kappa shape index (κ3) is 5.93. The summed E-state index contributed by atoms with van der Waals surface area (Å²) >= 11 is 0. The van der Waals surface area contributed by atoms with E-state index in [1.54, 1.807) is 17.0 Å². The first kappa shape index (κ1) is 22.5. The van der Waals surface area contributed by atoms with Gasteiger partial charge in [0.2, 0.25) is 5.91 Å². The van der Waals surface area contributed by atoms with Crippen LogP contribution in [0.3, 0.4) is 0 Å². The van der Waals surface area contributed by atoms with Crippen LogP contribution in [0.4, 0.5) is 8.78 Å². The lowest BCUT2D eigenvalue weighted by molar-refractivity contribution is -0.133. The number of aromatic carboxylic acids is 1. The van der Waals surface area contributed by atoms with Gasteiger partial charge in [0.15, 0.2) is 11.6 Å². The van der Waals surface area contributed by atoms with E-state index in [2.05, 4.69) is 0 Å². The number of benzene rings is 2. The minimum atomic E-state index is -1.03. The highest BCUT2D eigenvalue weighted by molar-refractivity contribution is 5.87. The van der Waals surface area contributed by atoms with Gasteiger partial charge in [0.25, 0.3) is 0 Å². The molecule has 3 rings (SSSR count). The van der Waals surface area contributed by atoms with Crippen molar-refractivity contribution in [2.75, 3.05) is 13.2 Å². The normalized spacial score (nSPS) is 18.3. The Morgan fingerprint density at radius 2 is 1.87 bits per heavy atom. The second-order valence-electron chi connectivity index (χ2n) is 7.99. The molecule has 31 heavy (non-hydrogen) atoms. The van der Waals surface area contributed by atoms with Crippen molar-refractivity contribution in [1.82, 2.24) is 4.90 Å². The fourth-order valence-corrected chi connectivity index (χ4v) is 3.53. The lowest BCUT2D eigenvalue weighted by Gasteiger charge is -2.25. The Hall–Kier alpha value is -3.16. The second kappa shape index (κ2) is 9.76. The molecule has 0 unspecified atom stereocenters. The fraction of sp³-hybridized carbons (Fsp3) is 0.391. The predicted molar refractivity (Wildman–Crippen MR) is 109 cm³/mol. The van der Waals surface area contributed by atoms with Crippen molar-refractivity contribution in [1.29, 1.82) is 0 Å². The zero-order chi connectivity index (χ0) is 22.5. The van der Waals surface area contributed by atoms with E-state index >= 15 is 0 Å². The van der Waals surface area contributed by atoms with Gasteiger partial charge in [0.1, 0.15) is 24.3 Å². The maximum absolute atomic E-state index is 14.0. The van der Waals surface area contributed by atoms with Crippen molar-refractivity contribution < 1.29 is 33.0 Å². The van der Waals surface area contributed by atoms with Crippen LogP contribution in [0.1, 0.15) is 37.0 Å². The molecule has 6 nitrogen and oxygen atoms in total. The number of amides is 1. The van der Waals surface area contributed by atoms with Gasteiger partial charge in [-0.15, -0.1) is 0 Å². The molecule has 1 aliphatic heterocycles. The zero-order valence-corrected chi connectivity index (χ0v) is 17.4. The summed E-state index contributed by atoms with van der Waals surface area (Å²) in [5, 5.41) is 8.98. The van der Waals surface area contributed by atoms with E-state index in [0.717, 1.165) is 12.1 Å². The minimum absolute atomic E-state index is 0.0458. The molecule has 2 atom stereocenters. The maximum atomic E-state index is 14.0. The fourth-order valence-electron chi connectivity index (χ4n) is 3.53. The van der Waals surface area contributed by atoms with Gasteiger partial charge in [-0.05, 0) is 42.3 Å². The van der Waals surface area contributed by atoms with Gasteiger partial charge in [-0.25, -0.2) is 13.6 Å². The van der Waals surface area contributed by atoms with Crippen molar-refractivity contribution >= 4 is 11.9 Å². The molecule has 1 N–H and O–H groups in total. The van der Waals surface area contributed by atoms with Crippen molar-refractivity contribution in [3.63, 3.8) is 0 Å². The summed E-state index contributed by atoms with van der Waals surface area (Å²) in [5.41, 5.74) is 0.150. The summed E-state index contributed by atoms with van der Waals surface area (Å²) in [6, 6.07) is 8.82. The lowest BCUT2D eigenvalue weighted by Crippen LogP contribution is -2.39. The van der Waals surface area contributed by atoms with Crippen LogP contribution < -0.4 is 9.47 Å². The van der Waals surface area contributed by atoms with Crippen LogP contribution in [0.25, 0.3) is 0 Å². The van der Waals surface area contributed by atoms with E-state index in [1.165, 1.54) is 18.2 Å². The van der Waals surface area contributed by atoms with E-state index in [9.17, 15) is 18.4 Å². The molecule has 0 aliphatic carbocycles. The molecule has 2 aromatic rings. The third-order valence-corrected chi connectivity index (χ3v) is 5.01. The first-order chi connectivity index (χ1) is 14.7. The van der Waals surface area contributed by atoms with Crippen LogP contribution in [0.2, 0.25) is 0 Å². The molecule has 0 bridgehead atoms. The minimum Gasteiger partial charge on any atom is -0.491 e. The molecule has 8 heteroatoms. The number of halogens is 2. The number of carboxylic acids is 1.